The molecular formula is C23H29N5O3. The van der Waals surface area contributed by atoms with Crippen LogP contribution in [0.2, 0.25) is 0 Å². The summed E-state index contributed by atoms with van der Waals surface area (Å²) in [6.45, 7) is 6.70. The van der Waals surface area contributed by atoms with Crippen LogP contribution in [0.1, 0.15) is 47.4 Å². The minimum absolute atomic E-state index is 0.172. The number of amides is 3. The van der Waals surface area contributed by atoms with E-state index in [9.17, 15) is 14.4 Å². The largest absolute Gasteiger partial charge is 0.369 e. The molecule has 0 bridgehead atoms. The molecule has 1 aliphatic rings. The number of nitrogens with one attached hydrogen (secondary N) is 1. The molecule has 0 spiro atoms. The summed E-state index contributed by atoms with van der Waals surface area (Å²) in [4.78, 5) is 45.4. The van der Waals surface area contributed by atoms with Crippen molar-refractivity contribution in [2.45, 2.75) is 26.7 Å². The molecule has 2 heterocycles. The monoisotopic (exact) mass is 423 g/mol. The first-order valence-corrected chi connectivity index (χ1v) is 10.6. The molecule has 1 fully saturated rings. The van der Waals surface area contributed by atoms with E-state index in [1.54, 1.807) is 41.4 Å². The van der Waals surface area contributed by atoms with Crippen LogP contribution in [0.3, 0.4) is 0 Å². The Bertz CT molecular complexity index is 932. The number of piperidine rings is 1. The number of benzene rings is 1. The first-order valence-electron chi connectivity index (χ1n) is 10.6. The Morgan fingerprint density at radius 3 is 2.35 bits per heavy atom. The van der Waals surface area contributed by atoms with E-state index >= 15 is 0 Å². The number of hydrogen-bond donors (Lipinski definition) is 2. The highest BCUT2D eigenvalue weighted by atomic mass is 16.2. The zero-order chi connectivity index (χ0) is 22.4. The second kappa shape index (κ2) is 10.1. The molecule has 3 rings (SSSR count). The van der Waals surface area contributed by atoms with Crippen LogP contribution in [0, 0.1) is 5.92 Å². The van der Waals surface area contributed by atoms with Crippen LogP contribution in [-0.2, 0) is 4.79 Å². The highest BCUT2D eigenvalue weighted by Gasteiger charge is 2.27. The highest BCUT2D eigenvalue weighted by Crippen LogP contribution is 2.23. The maximum Gasteiger partial charge on any atom is 0.257 e. The minimum atomic E-state index is -0.328. The van der Waals surface area contributed by atoms with Gasteiger partial charge in [0.05, 0.1) is 16.8 Å². The maximum atomic E-state index is 13.0. The van der Waals surface area contributed by atoms with E-state index in [4.69, 9.17) is 5.73 Å². The molecule has 1 aromatic heterocycles. The van der Waals surface area contributed by atoms with Crippen molar-refractivity contribution in [1.82, 2.24) is 9.88 Å². The molecule has 3 amide bonds. The summed E-state index contributed by atoms with van der Waals surface area (Å²) in [5.41, 5.74) is 6.66. The lowest BCUT2D eigenvalue weighted by atomic mass is 9.95. The molecule has 0 saturated carbocycles. The van der Waals surface area contributed by atoms with E-state index in [0.717, 1.165) is 18.9 Å². The second-order valence-electron chi connectivity index (χ2n) is 7.55. The predicted octanol–water partition coefficient (Wildman–Crippen LogP) is 2.52. The van der Waals surface area contributed by atoms with Crippen LogP contribution in [0.4, 0.5) is 11.5 Å². The smallest absolute Gasteiger partial charge is 0.257 e. The number of carbonyl (C=O) groups is 3. The van der Waals surface area contributed by atoms with E-state index in [1.807, 2.05) is 6.07 Å². The summed E-state index contributed by atoms with van der Waals surface area (Å²) in [5.74, 6) is -0.192. The summed E-state index contributed by atoms with van der Waals surface area (Å²) in [5, 5.41) is 2.84. The van der Waals surface area contributed by atoms with Gasteiger partial charge in [0.1, 0.15) is 5.82 Å². The Hall–Kier alpha value is -3.42. The molecular weight excluding hydrogens is 394 g/mol. The fraction of sp³-hybridized carbons (Fsp3) is 0.391. The lowest BCUT2D eigenvalue weighted by Crippen LogP contribution is -2.42. The van der Waals surface area contributed by atoms with Gasteiger partial charge in [-0.3, -0.25) is 14.4 Å². The lowest BCUT2D eigenvalue weighted by molar-refractivity contribution is -0.123. The Morgan fingerprint density at radius 1 is 1.10 bits per heavy atom. The molecule has 0 atom stereocenters. The van der Waals surface area contributed by atoms with Crippen molar-refractivity contribution in [3.05, 3.63) is 53.7 Å². The van der Waals surface area contributed by atoms with E-state index in [2.05, 4.69) is 29.0 Å². The number of rotatable bonds is 7. The van der Waals surface area contributed by atoms with Crippen LogP contribution < -0.4 is 16.0 Å². The van der Waals surface area contributed by atoms with Gasteiger partial charge in [-0.15, -0.1) is 0 Å². The molecule has 1 aliphatic heterocycles. The summed E-state index contributed by atoms with van der Waals surface area (Å²) in [6.07, 6.45) is 2.66. The topological polar surface area (TPSA) is 109 Å². The van der Waals surface area contributed by atoms with Gasteiger partial charge in [-0.1, -0.05) is 12.1 Å². The van der Waals surface area contributed by atoms with Crippen LogP contribution in [0.5, 0.6) is 0 Å². The van der Waals surface area contributed by atoms with Crippen molar-refractivity contribution >= 4 is 29.2 Å². The number of likely N-dealkylation sites (tertiary alicyclic amines) is 1. The van der Waals surface area contributed by atoms with E-state index in [1.165, 1.54) is 0 Å². The van der Waals surface area contributed by atoms with E-state index in [-0.39, 0.29) is 23.6 Å². The van der Waals surface area contributed by atoms with Crippen molar-refractivity contribution in [2.24, 2.45) is 11.7 Å². The number of nitrogens with two attached hydrogens (primary N) is 1. The van der Waals surface area contributed by atoms with Crippen LogP contribution >= 0.6 is 0 Å². The van der Waals surface area contributed by atoms with Crippen molar-refractivity contribution in [3.8, 4) is 0 Å². The number of hydrogen-bond acceptors (Lipinski definition) is 5. The van der Waals surface area contributed by atoms with Crippen molar-refractivity contribution in [1.29, 1.82) is 0 Å². The Morgan fingerprint density at radius 2 is 1.77 bits per heavy atom. The molecule has 31 heavy (non-hydrogen) atoms. The van der Waals surface area contributed by atoms with Gasteiger partial charge in [-0.25, -0.2) is 4.98 Å². The summed E-state index contributed by atoms with van der Waals surface area (Å²) >= 11 is 0. The van der Waals surface area contributed by atoms with Crippen molar-refractivity contribution in [3.63, 3.8) is 0 Å². The minimum Gasteiger partial charge on any atom is -0.369 e. The second-order valence-corrected chi connectivity index (χ2v) is 7.55. The third-order valence-electron chi connectivity index (χ3n) is 5.69. The van der Waals surface area contributed by atoms with Gasteiger partial charge in [0, 0.05) is 38.3 Å². The Balaban J connectivity index is 1.71. The number of para-hydroxylation sites is 1. The van der Waals surface area contributed by atoms with Gasteiger partial charge in [0.2, 0.25) is 5.91 Å². The zero-order valence-electron chi connectivity index (χ0n) is 18.0. The SMILES string of the molecule is CCN(CC)c1ccc(C(=O)Nc2ccccc2C(=O)N2CCC(C(N)=O)CC2)cn1. The average Bonchev–Trinajstić information content (AvgIpc) is 2.80. The fourth-order valence-electron chi connectivity index (χ4n) is 3.77. The molecule has 0 aliphatic carbocycles. The molecule has 3 N–H and O–H groups in total. The van der Waals surface area contributed by atoms with Crippen LogP contribution in [-0.4, -0.2) is 53.8 Å². The number of aromatic nitrogens is 1. The number of primary amides is 1. The molecule has 1 aromatic carbocycles. The third-order valence-corrected chi connectivity index (χ3v) is 5.69. The predicted molar refractivity (Wildman–Crippen MR) is 120 cm³/mol. The molecule has 8 heteroatoms. The lowest BCUT2D eigenvalue weighted by Gasteiger charge is -2.31. The van der Waals surface area contributed by atoms with Gasteiger partial charge in [-0.05, 0) is 51.0 Å². The van der Waals surface area contributed by atoms with Gasteiger partial charge < -0.3 is 20.9 Å². The number of carbonyl (C=O) groups excluding carboxylic acids is 3. The molecule has 0 radical (unpaired) electrons. The maximum absolute atomic E-state index is 13.0. The molecule has 8 nitrogen and oxygen atoms in total. The van der Waals surface area contributed by atoms with Crippen molar-refractivity contribution in [2.75, 3.05) is 36.4 Å². The average molecular weight is 424 g/mol. The first kappa shape index (κ1) is 22.3. The Labute approximate surface area is 182 Å². The van der Waals surface area contributed by atoms with Gasteiger partial charge >= 0.3 is 0 Å². The summed E-state index contributed by atoms with van der Waals surface area (Å²) in [6, 6.07) is 10.5. The van der Waals surface area contributed by atoms with Crippen LogP contribution in [0.15, 0.2) is 42.6 Å². The normalized spacial score (nSPS) is 14.2. The van der Waals surface area contributed by atoms with E-state index in [0.29, 0.717) is 42.7 Å². The zero-order valence-corrected chi connectivity index (χ0v) is 18.0. The first-order chi connectivity index (χ1) is 14.9. The summed E-state index contributed by atoms with van der Waals surface area (Å²) < 4.78 is 0. The third kappa shape index (κ3) is 5.20. The molecule has 1 saturated heterocycles. The number of anilines is 2. The number of nitrogens with zero attached hydrogens (tertiary/aromatic N) is 3. The molecule has 2 aromatic rings. The molecule has 0 unspecified atom stereocenters. The summed E-state index contributed by atoms with van der Waals surface area (Å²) in [7, 11) is 0. The fourth-order valence-corrected chi connectivity index (χ4v) is 3.77. The highest BCUT2D eigenvalue weighted by molar-refractivity contribution is 6.09. The number of pyridine rings is 1. The molecule has 164 valence electrons. The quantitative estimate of drug-likeness (QED) is 0.711. The van der Waals surface area contributed by atoms with Gasteiger partial charge in [0.25, 0.3) is 11.8 Å². The van der Waals surface area contributed by atoms with Crippen molar-refractivity contribution < 1.29 is 14.4 Å². The standard InChI is InChI=1S/C23H29N5O3/c1-3-27(4-2)20-10-9-17(15-25-20)22(30)26-19-8-6-5-7-18(19)23(31)28-13-11-16(12-14-28)21(24)29/h5-10,15-16H,3-4,11-14H2,1-2H3,(H2,24,29)(H,26,30). The van der Waals surface area contributed by atoms with Gasteiger partial charge in [-0.2, -0.15) is 0 Å². The Kier molecular flexibility index (Phi) is 7.23. The van der Waals surface area contributed by atoms with Crippen LogP contribution in [0.25, 0.3) is 0 Å². The van der Waals surface area contributed by atoms with Gasteiger partial charge in [0.15, 0.2) is 0 Å². The van der Waals surface area contributed by atoms with E-state index < -0.39 is 0 Å².